The van der Waals surface area contributed by atoms with Gasteiger partial charge in [0.1, 0.15) is 29.6 Å². The molecule has 13 heteroatoms. The lowest BCUT2D eigenvalue weighted by Crippen LogP contribution is -2.58. The Bertz CT molecular complexity index is 1450. The van der Waals surface area contributed by atoms with Gasteiger partial charge >= 0.3 is 5.97 Å². The summed E-state index contributed by atoms with van der Waals surface area (Å²) in [6.45, 7) is 0. The monoisotopic (exact) mass is 605 g/mol. The lowest BCUT2D eigenvalue weighted by atomic mass is 10.0. The molecule has 3 aromatic carbocycles. The summed E-state index contributed by atoms with van der Waals surface area (Å²) < 4.78 is 0. The van der Waals surface area contributed by atoms with Gasteiger partial charge < -0.3 is 42.7 Å². The summed E-state index contributed by atoms with van der Waals surface area (Å²) in [6.07, 6.45) is -0.677. The van der Waals surface area contributed by atoms with Gasteiger partial charge in [0.05, 0.1) is 12.5 Å². The van der Waals surface area contributed by atoms with Crippen LogP contribution in [0.2, 0.25) is 0 Å². The van der Waals surface area contributed by atoms with Crippen LogP contribution in [0.15, 0.2) is 78.9 Å². The van der Waals surface area contributed by atoms with E-state index in [9.17, 15) is 39.3 Å². The number of aromatic hydroxyl groups is 2. The van der Waals surface area contributed by atoms with Crippen LogP contribution in [0.25, 0.3) is 0 Å². The largest absolute Gasteiger partial charge is 0.508 e. The van der Waals surface area contributed by atoms with Crippen molar-refractivity contribution in [3.05, 3.63) is 95.6 Å². The molecule has 0 spiro atoms. The minimum Gasteiger partial charge on any atom is -0.508 e. The highest BCUT2D eigenvalue weighted by Gasteiger charge is 2.31. The normalized spacial score (nSPS) is 13.5. The van der Waals surface area contributed by atoms with E-state index < -0.39 is 60.2 Å². The molecule has 10 N–H and O–H groups in total. The van der Waals surface area contributed by atoms with Crippen LogP contribution in [0.1, 0.15) is 23.1 Å². The number of nitrogens with two attached hydrogens (primary N) is 2. The molecule has 3 aromatic rings. The van der Waals surface area contributed by atoms with Crippen molar-refractivity contribution in [1.29, 1.82) is 0 Å². The molecule has 3 rings (SSSR count). The molecule has 0 aliphatic heterocycles. The minimum absolute atomic E-state index is 0.00779. The number of carbonyl (C=O) groups is 5. The first-order valence-corrected chi connectivity index (χ1v) is 13.7. The molecule has 0 radical (unpaired) electrons. The number of aliphatic carboxylic acids is 1. The third-order valence-electron chi connectivity index (χ3n) is 6.67. The van der Waals surface area contributed by atoms with Crippen LogP contribution in [-0.4, -0.2) is 69.1 Å². The van der Waals surface area contributed by atoms with Crippen LogP contribution < -0.4 is 27.4 Å². The highest BCUT2D eigenvalue weighted by Crippen LogP contribution is 2.13. The Kier molecular flexibility index (Phi) is 11.8. The van der Waals surface area contributed by atoms with Crippen LogP contribution in [0.5, 0.6) is 11.5 Å². The number of phenolic OH excluding ortho intramolecular Hbond substituents is 2. The molecular formula is C31H35N5O8. The second kappa shape index (κ2) is 15.7. The second-order valence-electron chi connectivity index (χ2n) is 10.2. The number of carbonyl (C=O) groups excluding carboxylic acids is 4. The molecule has 0 aromatic heterocycles. The van der Waals surface area contributed by atoms with Gasteiger partial charge in [0.25, 0.3) is 0 Å². The fraction of sp³-hybridized carbons (Fsp3) is 0.258. The van der Waals surface area contributed by atoms with Crippen LogP contribution in [0, 0.1) is 0 Å². The Hall–Kier alpha value is -5.43. The molecule has 0 saturated heterocycles. The molecule has 0 aliphatic rings. The number of primary amides is 1. The Labute approximate surface area is 253 Å². The number of nitrogens with one attached hydrogen (secondary N) is 3. The van der Waals surface area contributed by atoms with Gasteiger partial charge in [-0.1, -0.05) is 54.6 Å². The maximum Gasteiger partial charge on any atom is 0.326 e. The zero-order chi connectivity index (χ0) is 32.2. The van der Waals surface area contributed by atoms with Gasteiger partial charge in [0, 0.05) is 12.8 Å². The van der Waals surface area contributed by atoms with Gasteiger partial charge in [-0.2, -0.15) is 0 Å². The van der Waals surface area contributed by atoms with Gasteiger partial charge in [0.15, 0.2) is 0 Å². The minimum atomic E-state index is -1.55. The van der Waals surface area contributed by atoms with Crippen molar-refractivity contribution in [2.24, 2.45) is 11.5 Å². The van der Waals surface area contributed by atoms with Crippen molar-refractivity contribution >= 4 is 29.6 Å². The average Bonchev–Trinajstić information content (AvgIpc) is 2.98. The highest BCUT2D eigenvalue weighted by atomic mass is 16.4. The topological polar surface area (TPSA) is 234 Å². The van der Waals surface area contributed by atoms with Crippen LogP contribution in [0.3, 0.4) is 0 Å². The van der Waals surface area contributed by atoms with Crippen molar-refractivity contribution in [2.45, 2.75) is 49.9 Å². The molecule has 4 atom stereocenters. The summed E-state index contributed by atoms with van der Waals surface area (Å²) in [7, 11) is 0. The smallest absolute Gasteiger partial charge is 0.326 e. The van der Waals surface area contributed by atoms with E-state index >= 15 is 0 Å². The zero-order valence-corrected chi connectivity index (χ0v) is 23.7. The highest BCUT2D eigenvalue weighted by molar-refractivity contribution is 5.96. The molecule has 4 unspecified atom stereocenters. The van der Waals surface area contributed by atoms with E-state index in [1.165, 1.54) is 36.4 Å². The maximum absolute atomic E-state index is 13.5. The summed E-state index contributed by atoms with van der Waals surface area (Å²) in [5.74, 6) is -4.74. The lowest BCUT2D eigenvalue weighted by molar-refractivity contribution is -0.142. The summed E-state index contributed by atoms with van der Waals surface area (Å²) >= 11 is 0. The number of amides is 4. The van der Waals surface area contributed by atoms with Crippen LogP contribution >= 0.6 is 0 Å². The Morgan fingerprint density at radius 2 is 1.02 bits per heavy atom. The van der Waals surface area contributed by atoms with Crippen LogP contribution in [0.4, 0.5) is 0 Å². The van der Waals surface area contributed by atoms with E-state index in [4.69, 9.17) is 11.5 Å². The predicted molar refractivity (Wildman–Crippen MR) is 159 cm³/mol. The van der Waals surface area contributed by atoms with Gasteiger partial charge in [0.2, 0.25) is 23.6 Å². The Balaban J connectivity index is 1.76. The number of carboxylic acid groups (broad SMARTS) is 1. The van der Waals surface area contributed by atoms with E-state index in [1.807, 2.05) is 0 Å². The van der Waals surface area contributed by atoms with Gasteiger partial charge in [-0.3, -0.25) is 19.2 Å². The first-order valence-electron chi connectivity index (χ1n) is 13.7. The number of rotatable bonds is 15. The fourth-order valence-electron chi connectivity index (χ4n) is 4.34. The number of hydrogen-bond donors (Lipinski definition) is 8. The van der Waals surface area contributed by atoms with Crippen molar-refractivity contribution in [1.82, 2.24) is 16.0 Å². The molecule has 232 valence electrons. The van der Waals surface area contributed by atoms with Crippen molar-refractivity contribution < 1.29 is 39.3 Å². The lowest BCUT2D eigenvalue weighted by Gasteiger charge is -2.25. The number of benzene rings is 3. The third kappa shape index (κ3) is 10.4. The molecule has 44 heavy (non-hydrogen) atoms. The molecule has 0 bridgehead atoms. The molecule has 4 amide bonds. The molecule has 0 fully saturated rings. The fourth-order valence-corrected chi connectivity index (χ4v) is 4.34. The van der Waals surface area contributed by atoms with Crippen molar-refractivity contribution in [3.63, 3.8) is 0 Å². The molecule has 0 aliphatic carbocycles. The predicted octanol–water partition coefficient (Wildman–Crippen LogP) is -0.133. The SMILES string of the molecule is NC(=O)CC(NC(=O)C(Cc1ccccc1)NC(=O)C(N)Cc1ccc(O)cc1)C(=O)NC(Cc1ccc(O)cc1)C(=O)O. The van der Waals surface area contributed by atoms with E-state index in [0.717, 1.165) is 0 Å². The second-order valence-corrected chi connectivity index (χ2v) is 10.2. The summed E-state index contributed by atoms with van der Waals surface area (Å²) in [5.41, 5.74) is 13.3. The number of phenols is 2. The summed E-state index contributed by atoms with van der Waals surface area (Å²) in [6, 6.07) is 15.3. The summed E-state index contributed by atoms with van der Waals surface area (Å²) in [4.78, 5) is 63.4. The third-order valence-corrected chi connectivity index (χ3v) is 6.67. The molecule has 0 saturated carbocycles. The first-order chi connectivity index (χ1) is 20.9. The maximum atomic E-state index is 13.5. The van der Waals surface area contributed by atoms with Gasteiger partial charge in [-0.15, -0.1) is 0 Å². The average molecular weight is 606 g/mol. The van der Waals surface area contributed by atoms with E-state index in [2.05, 4.69) is 16.0 Å². The summed E-state index contributed by atoms with van der Waals surface area (Å²) in [5, 5.41) is 36.0. The van der Waals surface area contributed by atoms with E-state index in [1.54, 1.807) is 42.5 Å². The zero-order valence-electron chi connectivity index (χ0n) is 23.7. The van der Waals surface area contributed by atoms with Crippen molar-refractivity contribution in [3.8, 4) is 11.5 Å². The van der Waals surface area contributed by atoms with Gasteiger partial charge in [-0.25, -0.2) is 4.79 Å². The van der Waals surface area contributed by atoms with Crippen LogP contribution in [-0.2, 0) is 43.2 Å². The quantitative estimate of drug-likeness (QED) is 0.115. The van der Waals surface area contributed by atoms with E-state index in [0.29, 0.717) is 16.7 Å². The molecule has 0 heterocycles. The standard InChI is InChI=1S/C31H35N5O8/c32-23(14-19-6-10-21(37)11-7-19)28(40)34-24(15-18-4-2-1-3-5-18)29(41)35-25(17-27(33)39)30(42)36-26(31(43)44)16-20-8-12-22(38)13-9-20/h1-13,23-26,37-38H,14-17,32H2,(H2,33,39)(H,34,40)(H,35,41)(H,36,42)(H,43,44). The van der Waals surface area contributed by atoms with Crippen molar-refractivity contribution in [2.75, 3.05) is 0 Å². The number of carboxylic acids is 1. The first kappa shape index (κ1) is 33.1. The van der Waals surface area contributed by atoms with E-state index in [-0.39, 0.29) is 30.8 Å². The number of hydrogen-bond acceptors (Lipinski definition) is 8. The Morgan fingerprint density at radius 1 is 0.591 bits per heavy atom. The molecular weight excluding hydrogens is 570 g/mol. The Morgan fingerprint density at radius 3 is 1.55 bits per heavy atom. The molecule has 13 nitrogen and oxygen atoms in total. The van der Waals surface area contributed by atoms with Gasteiger partial charge in [-0.05, 0) is 47.4 Å².